The van der Waals surface area contributed by atoms with Crippen molar-refractivity contribution in [3.63, 3.8) is 0 Å². The molecule has 0 unspecified atom stereocenters. The van der Waals surface area contributed by atoms with Crippen molar-refractivity contribution in [1.82, 2.24) is 0 Å². The third kappa shape index (κ3) is 4.62. The fourth-order valence-corrected chi connectivity index (χ4v) is 7.38. The molecule has 0 bridgehead atoms. The Hall–Kier alpha value is -5.66. The van der Waals surface area contributed by atoms with E-state index < -0.39 is 0 Å². The molecule has 0 fully saturated rings. The van der Waals surface area contributed by atoms with Gasteiger partial charge in [-0.1, -0.05) is 112 Å². The van der Waals surface area contributed by atoms with Gasteiger partial charge in [-0.3, -0.25) is 0 Å². The Bertz CT molecular complexity index is 2480. The van der Waals surface area contributed by atoms with Crippen LogP contribution in [-0.2, 0) is 5.41 Å². The summed E-state index contributed by atoms with van der Waals surface area (Å²) in [5.74, 6) is 0. The van der Waals surface area contributed by atoms with Crippen LogP contribution < -0.4 is 4.90 Å². The average Bonchev–Trinajstić information content (AvgIpc) is 3.10. The van der Waals surface area contributed by atoms with E-state index in [9.17, 15) is 0 Å². The van der Waals surface area contributed by atoms with E-state index in [1.807, 2.05) is 0 Å². The summed E-state index contributed by atoms with van der Waals surface area (Å²) in [5, 5.41) is 7.61. The summed E-state index contributed by atoms with van der Waals surface area (Å²) in [4.78, 5) is 2.44. The summed E-state index contributed by atoms with van der Waals surface area (Å²) in [5.41, 5.74) is 12.7. The number of hydrogen-bond donors (Lipinski definition) is 0. The van der Waals surface area contributed by atoms with E-state index in [1.54, 1.807) is 0 Å². The summed E-state index contributed by atoms with van der Waals surface area (Å²) in [6.07, 6.45) is 0. The smallest absolute Gasteiger partial charge is 0.0505 e. The van der Waals surface area contributed by atoms with E-state index >= 15 is 0 Å². The lowest BCUT2D eigenvalue weighted by molar-refractivity contribution is 0.592. The molecule has 0 amide bonds. The van der Waals surface area contributed by atoms with Gasteiger partial charge in [-0.2, -0.15) is 0 Å². The second kappa shape index (κ2) is 10.4. The molecule has 8 aromatic rings. The summed E-state index contributed by atoms with van der Waals surface area (Å²) in [6.45, 7) is 6.94. The Labute approximate surface area is 276 Å². The van der Waals surface area contributed by atoms with Crippen molar-refractivity contribution < 1.29 is 0 Å². The van der Waals surface area contributed by atoms with Gasteiger partial charge in [0, 0.05) is 11.4 Å². The lowest BCUT2D eigenvalue weighted by Crippen LogP contribution is -2.19. The predicted molar refractivity (Wildman–Crippen MR) is 202 cm³/mol. The first kappa shape index (κ1) is 27.6. The van der Waals surface area contributed by atoms with Crippen LogP contribution >= 0.6 is 0 Å². The van der Waals surface area contributed by atoms with Crippen LogP contribution in [0.1, 0.15) is 26.3 Å². The Morgan fingerprint density at radius 2 is 0.872 bits per heavy atom. The molecule has 0 saturated carbocycles. The molecule has 0 spiro atoms. The van der Waals surface area contributed by atoms with E-state index in [0.29, 0.717) is 0 Å². The molecule has 47 heavy (non-hydrogen) atoms. The van der Waals surface area contributed by atoms with Crippen LogP contribution in [0.25, 0.3) is 65.7 Å². The number of hydrogen-bond acceptors (Lipinski definition) is 1. The summed E-state index contributed by atoms with van der Waals surface area (Å²) in [7, 11) is 0. The zero-order valence-electron chi connectivity index (χ0n) is 27.0. The minimum absolute atomic E-state index is 0.0426. The highest BCUT2D eigenvalue weighted by atomic mass is 15.1. The van der Waals surface area contributed by atoms with Crippen LogP contribution in [-0.4, -0.2) is 0 Å². The Balaban J connectivity index is 1.19. The first-order valence-electron chi connectivity index (χ1n) is 16.5. The van der Waals surface area contributed by atoms with Crippen molar-refractivity contribution in [3.05, 3.63) is 163 Å². The second-order valence-electron chi connectivity index (χ2n) is 13.9. The zero-order chi connectivity index (χ0) is 31.7. The second-order valence-corrected chi connectivity index (χ2v) is 13.9. The minimum Gasteiger partial charge on any atom is -0.310 e. The fraction of sp³-hybridized carbons (Fsp3) is 0.0870. The first-order chi connectivity index (χ1) is 22.9. The largest absolute Gasteiger partial charge is 0.310 e. The summed E-state index contributed by atoms with van der Waals surface area (Å²) < 4.78 is 0. The molecule has 0 saturated heterocycles. The summed E-state index contributed by atoms with van der Waals surface area (Å²) >= 11 is 0. The van der Waals surface area contributed by atoms with Gasteiger partial charge in [0.2, 0.25) is 0 Å². The van der Waals surface area contributed by atoms with Crippen molar-refractivity contribution in [1.29, 1.82) is 0 Å². The van der Waals surface area contributed by atoms with E-state index in [-0.39, 0.29) is 5.41 Å². The monoisotopic (exact) mass is 601 g/mol. The van der Waals surface area contributed by atoms with Gasteiger partial charge in [0.15, 0.2) is 0 Å². The quantitative estimate of drug-likeness (QED) is 0.194. The van der Waals surface area contributed by atoms with Crippen LogP contribution in [0.4, 0.5) is 17.1 Å². The maximum Gasteiger partial charge on any atom is 0.0505 e. The molecule has 0 aliphatic heterocycles. The van der Waals surface area contributed by atoms with Gasteiger partial charge in [-0.15, -0.1) is 0 Å². The normalized spacial score (nSPS) is 12.1. The third-order valence-electron chi connectivity index (χ3n) is 9.81. The van der Waals surface area contributed by atoms with E-state index in [2.05, 4.69) is 183 Å². The van der Waals surface area contributed by atoms with Gasteiger partial charge in [0.1, 0.15) is 0 Å². The van der Waals surface area contributed by atoms with Crippen LogP contribution in [0.5, 0.6) is 0 Å². The van der Waals surface area contributed by atoms with E-state index in [1.165, 1.54) is 76.9 Å². The average molecular weight is 602 g/mol. The molecule has 0 radical (unpaired) electrons. The van der Waals surface area contributed by atoms with E-state index in [0.717, 1.165) is 11.4 Å². The SMILES string of the molecule is CC(C)(C)c1cc2ccccc2cc1N(c1ccccc1)c1ccc2cc3c(cc2c1)-c1cc2cc(-c4ccccc4)ccc2cc1-3. The zero-order valence-corrected chi connectivity index (χ0v) is 27.0. The molecule has 0 atom stereocenters. The van der Waals surface area contributed by atoms with Crippen molar-refractivity contribution in [2.24, 2.45) is 0 Å². The maximum absolute atomic E-state index is 2.44. The molecular weight excluding hydrogens is 567 g/mol. The lowest BCUT2D eigenvalue weighted by Gasteiger charge is -2.33. The van der Waals surface area contributed by atoms with Gasteiger partial charge in [0.25, 0.3) is 0 Å². The van der Waals surface area contributed by atoms with Gasteiger partial charge < -0.3 is 4.90 Å². The van der Waals surface area contributed by atoms with Crippen LogP contribution in [0.3, 0.4) is 0 Å². The highest BCUT2D eigenvalue weighted by Crippen LogP contribution is 2.51. The van der Waals surface area contributed by atoms with Crippen molar-refractivity contribution >= 4 is 49.4 Å². The van der Waals surface area contributed by atoms with E-state index in [4.69, 9.17) is 0 Å². The van der Waals surface area contributed by atoms with Crippen LogP contribution in [0.2, 0.25) is 0 Å². The Morgan fingerprint density at radius 1 is 0.362 bits per heavy atom. The van der Waals surface area contributed by atoms with Gasteiger partial charge in [-0.05, 0) is 143 Å². The lowest BCUT2D eigenvalue weighted by atomic mass is 9.77. The molecule has 0 aromatic heterocycles. The molecule has 0 N–H and O–H groups in total. The highest BCUT2D eigenvalue weighted by Gasteiger charge is 2.26. The molecule has 8 aromatic carbocycles. The number of benzene rings is 8. The number of fused-ring (bicyclic) bond motifs is 7. The van der Waals surface area contributed by atoms with Gasteiger partial charge in [-0.25, -0.2) is 0 Å². The molecule has 1 aliphatic rings. The highest BCUT2D eigenvalue weighted by molar-refractivity contribution is 6.12. The van der Waals surface area contributed by atoms with Gasteiger partial charge >= 0.3 is 0 Å². The number of nitrogens with zero attached hydrogens (tertiary/aromatic N) is 1. The van der Waals surface area contributed by atoms with Crippen LogP contribution in [0, 0.1) is 0 Å². The molecule has 224 valence electrons. The van der Waals surface area contributed by atoms with Gasteiger partial charge in [0.05, 0.1) is 5.69 Å². The first-order valence-corrected chi connectivity index (χ1v) is 16.5. The molecular formula is C46H35N. The molecule has 9 rings (SSSR count). The molecule has 1 nitrogen and oxygen atoms in total. The van der Waals surface area contributed by atoms with Crippen molar-refractivity contribution in [3.8, 4) is 33.4 Å². The Kier molecular flexibility index (Phi) is 6.14. The van der Waals surface area contributed by atoms with Crippen molar-refractivity contribution in [2.45, 2.75) is 26.2 Å². The minimum atomic E-state index is -0.0426. The maximum atomic E-state index is 2.44. The third-order valence-corrected chi connectivity index (χ3v) is 9.81. The summed E-state index contributed by atoms with van der Waals surface area (Å²) in [6, 6.07) is 58.2. The fourth-order valence-electron chi connectivity index (χ4n) is 7.38. The topological polar surface area (TPSA) is 3.24 Å². The Morgan fingerprint density at radius 3 is 1.51 bits per heavy atom. The van der Waals surface area contributed by atoms with Crippen LogP contribution in [0.15, 0.2) is 158 Å². The number of anilines is 3. The molecule has 1 heteroatoms. The molecule has 1 aliphatic carbocycles. The predicted octanol–water partition coefficient (Wildman–Crippen LogP) is 13.2. The molecule has 0 heterocycles. The number of rotatable bonds is 4. The standard InChI is InChI=1S/C46H35N/c1-46(2,3)44-28-31-14-10-11-15-32(31)29-45(44)47(38-16-8-5-9-17-38)39-21-20-35-25-41-40-24-34-19-18-33(30-12-6-4-7-13-30)22-36(34)26-42(40)43(41)27-37(35)23-39/h4-29H,1-3H3. The van der Waals surface area contributed by atoms with Crippen molar-refractivity contribution in [2.75, 3.05) is 4.90 Å². The number of para-hydroxylation sites is 1.